The third-order valence-corrected chi connectivity index (χ3v) is 4.44. The smallest absolute Gasteiger partial charge is 0.337 e. The zero-order valence-corrected chi connectivity index (χ0v) is 16.0. The van der Waals surface area contributed by atoms with Crippen molar-refractivity contribution in [1.29, 1.82) is 0 Å². The van der Waals surface area contributed by atoms with Gasteiger partial charge in [0.15, 0.2) is 0 Å². The molecule has 28 heavy (non-hydrogen) atoms. The first kappa shape index (κ1) is 20.0. The van der Waals surface area contributed by atoms with Crippen LogP contribution in [0.25, 0.3) is 0 Å². The molecule has 0 aromatic heterocycles. The van der Waals surface area contributed by atoms with Crippen LogP contribution in [0.15, 0.2) is 60.7 Å². The largest absolute Gasteiger partial charge is 0.478 e. The van der Waals surface area contributed by atoms with Gasteiger partial charge in [-0.2, -0.15) is 0 Å². The molecular weight excluding hydrogens is 403 g/mol. The van der Waals surface area contributed by atoms with Gasteiger partial charge in [-0.1, -0.05) is 23.2 Å². The summed E-state index contributed by atoms with van der Waals surface area (Å²) in [6, 6.07) is 16.9. The van der Waals surface area contributed by atoms with Crippen molar-refractivity contribution < 1.29 is 20.0 Å². The fourth-order valence-electron chi connectivity index (χ4n) is 2.61. The van der Waals surface area contributed by atoms with Crippen molar-refractivity contribution in [3.8, 4) is 0 Å². The van der Waals surface area contributed by atoms with Gasteiger partial charge in [-0.15, -0.1) is 0 Å². The number of carbonyl (C=O) groups is 1. The number of hydrogen-bond donors (Lipinski definition) is 4. The lowest BCUT2D eigenvalue weighted by molar-refractivity contribution is -0.252. The van der Waals surface area contributed by atoms with E-state index in [1.165, 1.54) is 6.07 Å². The molecule has 0 bridgehead atoms. The molecule has 0 heterocycles. The Morgan fingerprint density at radius 1 is 0.857 bits per heavy atom. The van der Waals surface area contributed by atoms with E-state index in [0.717, 1.165) is 0 Å². The number of rotatable bonds is 7. The van der Waals surface area contributed by atoms with E-state index in [1.807, 2.05) is 0 Å². The Balaban J connectivity index is 2.00. The van der Waals surface area contributed by atoms with Gasteiger partial charge in [0.25, 0.3) is 0 Å². The van der Waals surface area contributed by atoms with Crippen LogP contribution in [0, 0.1) is 0 Å². The van der Waals surface area contributed by atoms with E-state index in [4.69, 9.17) is 28.5 Å². The van der Waals surface area contributed by atoms with Gasteiger partial charge in [-0.05, 0) is 60.7 Å². The monoisotopic (exact) mass is 418 g/mol. The average Bonchev–Trinajstić information content (AvgIpc) is 2.67. The Morgan fingerprint density at radius 2 is 1.36 bits per heavy atom. The van der Waals surface area contributed by atoms with Gasteiger partial charge in [-0.25, -0.2) is 9.68 Å². The number of halogens is 2. The van der Waals surface area contributed by atoms with Crippen LogP contribution in [0.2, 0.25) is 10.0 Å². The minimum Gasteiger partial charge on any atom is -0.478 e. The molecule has 144 valence electrons. The van der Waals surface area contributed by atoms with Crippen LogP contribution in [0.3, 0.4) is 0 Å². The van der Waals surface area contributed by atoms with E-state index >= 15 is 0 Å². The van der Waals surface area contributed by atoms with Gasteiger partial charge in [0, 0.05) is 32.7 Å². The molecule has 0 amide bonds. The lowest BCUT2D eigenvalue weighted by Gasteiger charge is -2.17. The van der Waals surface area contributed by atoms with E-state index in [1.54, 1.807) is 54.6 Å². The van der Waals surface area contributed by atoms with Crippen LogP contribution in [-0.4, -0.2) is 16.3 Å². The quantitative estimate of drug-likeness (QED) is 0.271. The van der Waals surface area contributed by atoms with E-state index in [-0.39, 0.29) is 12.2 Å². The molecule has 3 aromatic rings. The van der Waals surface area contributed by atoms with Gasteiger partial charge < -0.3 is 15.7 Å². The third-order valence-electron chi connectivity index (χ3n) is 3.94. The Morgan fingerprint density at radius 3 is 1.82 bits per heavy atom. The molecule has 0 fully saturated rings. The van der Waals surface area contributed by atoms with Crippen molar-refractivity contribution >= 4 is 51.9 Å². The van der Waals surface area contributed by atoms with Gasteiger partial charge in [0.1, 0.15) is 6.61 Å². The van der Waals surface area contributed by atoms with Crippen molar-refractivity contribution in [2.45, 2.75) is 6.61 Å². The first-order chi connectivity index (χ1) is 13.5. The molecule has 0 saturated carbocycles. The Kier molecular flexibility index (Phi) is 6.38. The SMILES string of the molecule is O=C(O)c1cc(Nc2ccc(Cl)cc2)c(COO)cc1Nc1ccc(Cl)cc1. The molecule has 6 nitrogen and oxygen atoms in total. The van der Waals surface area contributed by atoms with Gasteiger partial charge in [0.2, 0.25) is 0 Å². The summed E-state index contributed by atoms with van der Waals surface area (Å²) >= 11 is 11.8. The first-order valence-corrected chi connectivity index (χ1v) is 8.93. The number of carboxylic acids is 1. The highest BCUT2D eigenvalue weighted by molar-refractivity contribution is 6.30. The summed E-state index contributed by atoms with van der Waals surface area (Å²) in [6.45, 7) is -0.134. The van der Waals surface area contributed by atoms with Crippen LogP contribution < -0.4 is 10.6 Å². The summed E-state index contributed by atoms with van der Waals surface area (Å²) in [5.41, 5.74) is 2.81. The van der Waals surface area contributed by atoms with Crippen LogP contribution in [-0.2, 0) is 11.5 Å². The molecule has 0 radical (unpaired) electrons. The lowest BCUT2D eigenvalue weighted by Crippen LogP contribution is -2.07. The predicted octanol–water partition coefficient (Wildman–Crippen LogP) is 6.17. The minimum absolute atomic E-state index is 0.0492. The van der Waals surface area contributed by atoms with E-state index in [9.17, 15) is 9.90 Å². The standard InChI is InChI=1S/C20H16Cl2N2O4/c21-13-1-5-15(6-2-13)23-18-10-17(20(25)26)19(9-12(18)11-28-27)24-16-7-3-14(22)4-8-16/h1-10,23-24,27H,11H2,(H,25,26). The second-order valence-electron chi connectivity index (χ2n) is 5.90. The fraction of sp³-hybridized carbons (Fsp3) is 0.0500. The van der Waals surface area contributed by atoms with E-state index < -0.39 is 5.97 Å². The van der Waals surface area contributed by atoms with Gasteiger partial charge >= 0.3 is 5.97 Å². The highest BCUT2D eigenvalue weighted by Gasteiger charge is 2.16. The molecule has 0 aliphatic rings. The van der Waals surface area contributed by atoms with Gasteiger partial charge in [-0.3, -0.25) is 5.26 Å². The Bertz CT molecular complexity index is 977. The maximum absolute atomic E-state index is 11.8. The number of nitrogens with one attached hydrogen (secondary N) is 2. The molecule has 3 aromatic carbocycles. The number of carboxylic acid groups (broad SMARTS) is 1. The molecule has 0 aliphatic carbocycles. The van der Waals surface area contributed by atoms with Crippen molar-refractivity contribution in [3.05, 3.63) is 81.8 Å². The van der Waals surface area contributed by atoms with Crippen LogP contribution in [0.5, 0.6) is 0 Å². The molecular formula is C20H16Cl2N2O4. The minimum atomic E-state index is -1.10. The maximum atomic E-state index is 11.8. The predicted molar refractivity (Wildman–Crippen MR) is 110 cm³/mol. The van der Waals surface area contributed by atoms with Crippen molar-refractivity contribution in [2.75, 3.05) is 10.6 Å². The molecule has 4 N–H and O–H groups in total. The molecule has 0 unspecified atom stereocenters. The number of aromatic carboxylic acids is 1. The summed E-state index contributed by atoms with van der Waals surface area (Å²) in [7, 11) is 0. The molecule has 3 rings (SSSR count). The molecule has 0 saturated heterocycles. The number of hydrogen-bond acceptors (Lipinski definition) is 5. The topological polar surface area (TPSA) is 90.8 Å². The fourth-order valence-corrected chi connectivity index (χ4v) is 2.86. The normalized spacial score (nSPS) is 10.5. The Hall–Kier alpha value is -2.77. The van der Waals surface area contributed by atoms with E-state index in [0.29, 0.717) is 38.4 Å². The van der Waals surface area contributed by atoms with Crippen LogP contribution in [0.1, 0.15) is 15.9 Å². The van der Waals surface area contributed by atoms with E-state index in [2.05, 4.69) is 15.5 Å². The zero-order chi connectivity index (χ0) is 20.1. The Labute approximate surface area is 171 Å². The van der Waals surface area contributed by atoms with Crippen molar-refractivity contribution in [2.24, 2.45) is 0 Å². The summed E-state index contributed by atoms with van der Waals surface area (Å²) < 4.78 is 0. The van der Waals surface area contributed by atoms with Crippen LogP contribution in [0.4, 0.5) is 22.7 Å². The third kappa shape index (κ3) is 4.94. The molecule has 0 spiro atoms. The zero-order valence-electron chi connectivity index (χ0n) is 14.4. The lowest BCUT2D eigenvalue weighted by atomic mass is 10.1. The summed E-state index contributed by atoms with van der Waals surface area (Å²) in [6.07, 6.45) is 0. The summed E-state index contributed by atoms with van der Waals surface area (Å²) in [4.78, 5) is 16.1. The molecule has 8 heteroatoms. The average molecular weight is 419 g/mol. The van der Waals surface area contributed by atoms with Crippen LogP contribution >= 0.6 is 23.2 Å². The highest BCUT2D eigenvalue weighted by atomic mass is 35.5. The second kappa shape index (κ2) is 8.95. The molecule has 0 aliphatic heterocycles. The summed E-state index contributed by atoms with van der Waals surface area (Å²) in [5, 5.41) is 25.9. The van der Waals surface area contributed by atoms with Crippen molar-refractivity contribution in [3.63, 3.8) is 0 Å². The van der Waals surface area contributed by atoms with Crippen molar-refractivity contribution in [1.82, 2.24) is 0 Å². The highest BCUT2D eigenvalue weighted by Crippen LogP contribution is 2.31. The number of benzene rings is 3. The summed E-state index contributed by atoms with van der Waals surface area (Å²) in [5.74, 6) is -1.10. The first-order valence-electron chi connectivity index (χ1n) is 8.18. The van der Waals surface area contributed by atoms with Gasteiger partial charge in [0.05, 0.1) is 11.3 Å². The maximum Gasteiger partial charge on any atom is 0.337 e. The second-order valence-corrected chi connectivity index (χ2v) is 6.77. The number of anilines is 4. The molecule has 0 atom stereocenters.